The van der Waals surface area contributed by atoms with Gasteiger partial charge in [-0.3, -0.25) is 4.79 Å². The molecule has 0 aliphatic carbocycles. The van der Waals surface area contributed by atoms with Crippen LogP contribution in [0.1, 0.15) is 21.8 Å². The summed E-state index contributed by atoms with van der Waals surface area (Å²) in [5.74, 6) is 0.561. The second-order valence-corrected chi connectivity index (χ2v) is 7.93. The van der Waals surface area contributed by atoms with E-state index in [2.05, 4.69) is 27.3 Å². The van der Waals surface area contributed by atoms with Gasteiger partial charge in [0.05, 0.1) is 30.7 Å². The molecule has 152 valence electrons. The summed E-state index contributed by atoms with van der Waals surface area (Å²) in [6.07, 6.45) is 1.83. The number of hydrogen-bond donors (Lipinski definition) is 1. The van der Waals surface area contributed by atoms with Crippen molar-refractivity contribution in [1.29, 1.82) is 0 Å². The highest BCUT2D eigenvalue weighted by molar-refractivity contribution is 7.21. The fourth-order valence-electron chi connectivity index (χ4n) is 3.50. The van der Waals surface area contributed by atoms with Crippen LogP contribution >= 0.6 is 11.3 Å². The number of carbonyl (C=O) groups excluding carboxylic acids is 1. The summed E-state index contributed by atoms with van der Waals surface area (Å²) in [5.41, 5.74) is 3.11. The SMILES string of the molecule is COc1ccc(N2CCOCC2)c2sc(C(=O)NCCCc3ccccc3)nc12. The molecule has 1 fully saturated rings. The second kappa shape index (κ2) is 9.24. The molecule has 0 bridgehead atoms. The number of rotatable bonds is 7. The minimum Gasteiger partial charge on any atom is -0.494 e. The number of amides is 1. The number of ether oxygens (including phenoxy) is 2. The summed E-state index contributed by atoms with van der Waals surface area (Å²) in [5, 5.41) is 3.47. The molecule has 0 unspecified atom stereocenters. The second-order valence-electron chi connectivity index (χ2n) is 6.93. The molecule has 1 saturated heterocycles. The lowest BCUT2D eigenvalue weighted by molar-refractivity contribution is 0.0953. The average Bonchev–Trinajstić information content (AvgIpc) is 3.23. The molecule has 2 heterocycles. The number of thiazole rings is 1. The van der Waals surface area contributed by atoms with Crippen LogP contribution in [0.5, 0.6) is 5.75 Å². The van der Waals surface area contributed by atoms with E-state index in [9.17, 15) is 4.79 Å². The molecule has 0 spiro atoms. The van der Waals surface area contributed by atoms with E-state index in [4.69, 9.17) is 9.47 Å². The molecule has 0 atom stereocenters. The van der Waals surface area contributed by atoms with E-state index >= 15 is 0 Å². The van der Waals surface area contributed by atoms with Crippen LogP contribution in [0.15, 0.2) is 42.5 Å². The van der Waals surface area contributed by atoms with E-state index in [1.54, 1.807) is 7.11 Å². The van der Waals surface area contributed by atoms with Crippen LogP contribution in [0.2, 0.25) is 0 Å². The lowest BCUT2D eigenvalue weighted by atomic mass is 10.1. The zero-order chi connectivity index (χ0) is 20.1. The number of hydrogen-bond acceptors (Lipinski definition) is 6. The van der Waals surface area contributed by atoms with Crippen LogP contribution in [-0.2, 0) is 11.2 Å². The van der Waals surface area contributed by atoms with Gasteiger partial charge >= 0.3 is 0 Å². The van der Waals surface area contributed by atoms with Gasteiger partial charge in [0.1, 0.15) is 11.3 Å². The maximum absolute atomic E-state index is 12.7. The smallest absolute Gasteiger partial charge is 0.280 e. The van der Waals surface area contributed by atoms with Gasteiger partial charge in [0.25, 0.3) is 5.91 Å². The van der Waals surface area contributed by atoms with Crippen molar-refractivity contribution in [3.8, 4) is 5.75 Å². The highest BCUT2D eigenvalue weighted by atomic mass is 32.1. The minimum absolute atomic E-state index is 0.130. The maximum atomic E-state index is 12.7. The van der Waals surface area contributed by atoms with Gasteiger partial charge < -0.3 is 19.7 Å². The normalized spacial score (nSPS) is 14.2. The van der Waals surface area contributed by atoms with Crippen molar-refractivity contribution >= 4 is 33.1 Å². The van der Waals surface area contributed by atoms with Crippen LogP contribution in [0.3, 0.4) is 0 Å². The largest absolute Gasteiger partial charge is 0.494 e. The lowest BCUT2D eigenvalue weighted by Gasteiger charge is -2.29. The first kappa shape index (κ1) is 19.7. The Labute approximate surface area is 174 Å². The molecule has 3 aromatic rings. The highest BCUT2D eigenvalue weighted by Crippen LogP contribution is 2.37. The zero-order valence-electron chi connectivity index (χ0n) is 16.5. The molecule has 1 aliphatic heterocycles. The Balaban J connectivity index is 1.47. The molecule has 1 amide bonds. The Kier molecular flexibility index (Phi) is 6.27. The van der Waals surface area contributed by atoms with Gasteiger partial charge in [-0.1, -0.05) is 30.3 Å². The Morgan fingerprint density at radius 1 is 1.21 bits per heavy atom. The van der Waals surface area contributed by atoms with Crippen molar-refractivity contribution in [3.05, 3.63) is 53.0 Å². The Morgan fingerprint density at radius 3 is 2.76 bits per heavy atom. The zero-order valence-corrected chi connectivity index (χ0v) is 17.3. The van der Waals surface area contributed by atoms with Crippen LogP contribution in [0.25, 0.3) is 10.2 Å². The van der Waals surface area contributed by atoms with Gasteiger partial charge in [-0.15, -0.1) is 11.3 Å². The Hall–Kier alpha value is -2.64. The Bertz CT molecular complexity index is 968. The molecular weight excluding hydrogens is 386 g/mol. The third-order valence-corrected chi connectivity index (χ3v) is 6.10. The summed E-state index contributed by atoms with van der Waals surface area (Å²) in [7, 11) is 1.63. The summed E-state index contributed by atoms with van der Waals surface area (Å²) in [6.45, 7) is 3.71. The predicted molar refractivity (Wildman–Crippen MR) is 116 cm³/mol. The highest BCUT2D eigenvalue weighted by Gasteiger charge is 2.21. The van der Waals surface area contributed by atoms with E-state index in [0.717, 1.165) is 41.8 Å². The summed E-state index contributed by atoms with van der Waals surface area (Å²) in [6, 6.07) is 14.3. The van der Waals surface area contributed by atoms with Crippen LogP contribution in [0.4, 0.5) is 5.69 Å². The first-order valence-corrected chi connectivity index (χ1v) is 10.7. The summed E-state index contributed by atoms with van der Waals surface area (Å²) < 4.78 is 11.9. The maximum Gasteiger partial charge on any atom is 0.280 e. The van der Waals surface area contributed by atoms with Gasteiger partial charge in [-0.25, -0.2) is 4.98 Å². The molecule has 0 radical (unpaired) electrons. The van der Waals surface area contributed by atoms with E-state index in [-0.39, 0.29) is 5.91 Å². The first-order valence-electron chi connectivity index (χ1n) is 9.88. The van der Waals surface area contributed by atoms with Crippen LogP contribution in [-0.4, -0.2) is 50.8 Å². The average molecular weight is 412 g/mol. The standard InChI is InChI=1S/C22H25N3O3S/c1-27-18-10-9-17(25-12-14-28-15-13-25)20-19(18)24-22(29-20)21(26)23-11-5-8-16-6-3-2-4-7-16/h2-4,6-7,9-10H,5,8,11-15H2,1H3,(H,23,26). The third kappa shape index (κ3) is 4.52. The predicted octanol–water partition coefficient (Wildman–Crippen LogP) is 3.50. The molecule has 29 heavy (non-hydrogen) atoms. The number of aromatic nitrogens is 1. The summed E-state index contributed by atoms with van der Waals surface area (Å²) >= 11 is 1.42. The number of nitrogens with one attached hydrogen (secondary N) is 1. The first-order chi connectivity index (χ1) is 14.3. The Morgan fingerprint density at radius 2 is 2.00 bits per heavy atom. The van der Waals surface area contributed by atoms with E-state index in [0.29, 0.717) is 30.5 Å². The molecule has 0 saturated carbocycles. The van der Waals surface area contributed by atoms with E-state index < -0.39 is 0 Å². The van der Waals surface area contributed by atoms with Crippen molar-refractivity contribution in [3.63, 3.8) is 0 Å². The van der Waals surface area contributed by atoms with E-state index in [1.807, 2.05) is 30.3 Å². The number of carbonyl (C=O) groups is 1. The molecule has 7 heteroatoms. The molecule has 1 aromatic heterocycles. The molecule has 1 N–H and O–H groups in total. The molecule has 1 aliphatic rings. The number of aryl methyl sites for hydroxylation is 1. The number of benzene rings is 2. The number of methoxy groups -OCH3 is 1. The number of anilines is 1. The monoisotopic (exact) mass is 411 g/mol. The van der Waals surface area contributed by atoms with Gasteiger partial charge in [0.2, 0.25) is 0 Å². The van der Waals surface area contributed by atoms with Crippen LogP contribution in [0, 0.1) is 0 Å². The lowest BCUT2D eigenvalue weighted by Crippen LogP contribution is -2.36. The fourth-order valence-corrected chi connectivity index (χ4v) is 4.54. The number of morpholine rings is 1. The molecular formula is C22H25N3O3S. The third-order valence-electron chi connectivity index (χ3n) is 5.02. The van der Waals surface area contributed by atoms with Crippen molar-refractivity contribution in [2.24, 2.45) is 0 Å². The van der Waals surface area contributed by atoms with Crippen molar-refractivity contribution < 1.29 is 14.3 Å². The molecule has 6 nitrogen and oxygen atoms in total. The molecule has 2 aromatic carbocycles. The fraction of sp³-hybridized carbons (Fsp3) is 0.364. The van der Waals surface area contributed by atoms with Crippen LogP contribution < -0.4 is 15.0 Å². The summed E-state index contributed by atoms with van der Waals surface area (Å²) in [4.78, 5) is 19.6. The van der Waals surface area contributed by atoms with Crippen molar-refractivity contribution in [2.75, 3.05) is 44.9 Å². The quantitative estimate of drug-likeness (QED) is 0.603. The van der Waals surface area contributed by atoms with Gasteiger partial charge in [0, 0.05) is 19.6 Å². The minimum atomic E-state index is -0.130. The number of fused-ring (bicyclic) bond motifs is 1. The van der Waals surface area contributed by atoms with Gasteiger partial charge in [0.15, 0.2) is 5.01 Å². The van der Waals surface area contributed by atoms with Crippen molar-refractivity contribution in [1.82, 2.24) is 10.3 Å². The number of nitrogens with zero attached hydrogens (tertiary/aromatic N) is 2. The topological polar surface area (TPSA) is 63.7 Å². The van der Waals surface area contributed by atoms with Gasteiger partial charge in [-0.05, 0) is 30.5 Å². The van der Waals surface area contributed by atoms with E-state index in [1.165, 1.54) is 16.9 Å². The molecule has 4 rings (SSSR count). The van der Waals surface area contributed by atoms with Gasteiger partial charge in [-0.2, -0.15) is 0 Å². The van der Waals surface area contributed by atoms with Crippen molar-refractivity contribution in [2.45, 2.75) is 12.8 Å².